The Kier molecular flexibility index (Phi) is 9.14. The number of nitrogens with one attached hydrogen (secondary N) is 1. The van der Waals surface area contributed by atoms with E-state index in [0.29, 0.717) is 13.2 Å². The van der Waals surface area contributed by atoms with Gasteiger partial charge in [0.15, 0.2) is 5.96 Å². The Balaban J connectivity index is 1.48. The van der Waals surface area contributed by atoms with Crippen LogP contribution in [0.3, 0.4) is 0 Å². The van der Waals surface area contributed by atoms with Gasteiger partial charge in [-0.2, -0.15) is 8.78 Å². The fourth-order valence-corrected chi connectivity index (χ4v) is 3.83. The summed E-state index contributed by atoms with van der Waals surface area (Å²) >= 11 is 0. The Hall–Kier alpha value is -1.93. The number of likely N-dealkylation sites (tertiary alicyclic amines) is 1. The molecule has 1 N–H and O–H groups in total. The highest BCUT2D eigenvalue weighted by atomic mass is 19.3. The standard InChI is InChI=1S/C22H33F2N3O3/c1-2-25-22(26-15-17-6-5-8-19(14-17)30-21(23)24)27-11-9-18(10-12-27)29-16-20-7-3-4-13-28-20/h5-6,8,14,18,20-21H,2-4,7,9-13,15-16H2,1H3,(H,25,26). The van der Waals surface area contributed by atoms with Crippen molar-refractivity contribution in [2.75, 3.05) is 32.8 Å². The first-order chi connectivity index (χ1) is 14.6. The van der Waals surface area contributed by atoms with E-state index in [9.17, 15) is 8.78 Å². The van der Waals surface area contributed by atoms with Gasteiger partial charge in [-0.25, -0.2) is 4.99 Å². The molecule has 0 amide bonds. The summed E-state index contributed by atoms with van der Waals surface area (Å²) in [6.45, 7) is 3.66. The number of benzene rings is 1. The number of nitrogens with zero attached hydrogens (tertiary/aromatic N) is 2. The maximum absolute atomic E-state index is 12.4. The van der Waals surface area contributed by atoms with Crippen LogP contribution in [-0.2, 0) is 16.0 Å². The Bertz CT molecular complexity index is 661. The normalized spacial score (nSPS) is 21.1. The second-order valence-electron chi connectivity index (χ2n) is 7.70. The number of rotatable bonds is 8. The Labute approximate surface area is 177 Å². The highest BCUT2D eigenvalue weighted by molar-refractivity contribution is 5.80. The lowest BCUT2D eigenvalue weighted by molar-refractivity contribution is -0.0721. The van der Waals surface area contributed by atoms with E-state index in [1.165, 1.54) is 12.5 Å². The van der Waals surface area contributed by atoms with Crippen LogP contribution in [0.25, 0.3) is 0 Å². The lowest BCUT2D eigenvalue weighted by Gasteiger charge is -2.35. The minimum absolute atomic E-state index is 0.155. The number of alkyl halides is 2. The smallest absolute Gasteiger partial charge is 0.387 e. The summed E-state index contributed by atoms with van der Waals surface area (Å²) in [4.78, 5) is 6.94. The molecule has 2 heterocycles. The molecule has 0 radical (unpaired) electrons. The molecule has 0 saturated carbocycles. The fourth-order valence-electron chi connectivity index (χ4n) is 3.83. The zero-order valence-electron chi connectivity index (χ0n) is 17.7. The Morgan fingerprint density at radius 3 is 2.80 bits per heavy atom. The molecule has 1 atom stereocenters. The van der Waals surface area contributed by atoms with Crippen molar-refractivity contribution in [3.63, 3.8) is 0 Å². The molecule has 1 unspecified atom stereocenters. The summed E-state index contributed by atoms with van der Waals surface area (Å²) in [5.74, 6) is 0.995. The maximum atomic E-state index is 12.4. The molecule has 0 aliphatic carbocycles. The van der Waals surface area contributed by atoms with E-state index in [2.05, 4.69) is 15.0 Å². The summed E-state index contributed by atoms with van der Waals surface area (Å²) in [5, 5.41) is 3.33. The molecule has 2 aliphatic heterocycles. The largest absolute Gasteiger partial charge is 0.435 e. The first-order valence-corrected chi connectivity index (χ1v) is 10.9. The average molecular weight is 426 g/mol. The molecule has 0 bridgehead atoms. The van der Waals surface area contributed by atoms with Crippen molar-refractivity contribution in [2.24, 2.45) is 4.99 Å². The third-order valence-electron chi connectivity index (χ3n) is 5.40. The zero-order valence-corrected chi connectivity index (χ0v) is 17.7. The summed E-state index contributed by atoms with van der Waals surface area (Å²) in [7, 11) is 0. The van der Waals surface area contributed by atoms with Crippen LogP contribution in [0, 0.1) is 0 Å². The molecule has 0 spiro atoms. The van der Waals surface area contributed by atoms with Gasteiger partial charge in [0.05, 0.1) is 25.4 Å². The third-order valence-corrected chi connectivity index (χ3v) is 5.40. The van der Waals surface area contributed by atoms with E-state index in [1.54, 1.807) is 12.1 Å². The van der Waals surface area contributed by atoms with E-state index in [4.69, 9.17) is 14.5 Å². The number of hydrogen-bond acceptors (Lipinski definition) is 4. The van der Waals surface area contributed by atoms with Crippen molar-refractivity contribution in [1.29, 1.82) is 0 Å². The third kappa shape index (κ3) is 7.40. The number of piperidine rings is 1. The van der Waals surface area contributed by atoms with Crippen molar-refractivity contribution in [3.05, 3.63) is 29.8 Å². The van der Waals surface area contributed by atoms with Crippen LogP contribution in [0.5, 0.6) is 5.75 Å². The molecule has 3 rings (SSSR count). The average Bonchev–Trinajstić information content (AvgIpc) is 2.76. The molecular weight excluding hydrogens is 392 g/mol. The summed E-state index contributed by atoms with van der Waals surface area (Å²) < 4.78 is 41.2. The van der Waals surface area contributed by atoms with Crippen molar-refractivity contribution >= 4 is 5.96 Å². The molecule has 6 nitrogen and oxygen atoms in total. The zero-order chi connectivity index (χ0) is 21.2. The minimum Gasteiger partial charge on any atom is -0.435 e. The molecule has 1 aromatic carbocycles. The van der Waals surface area contributed by atoms with Crippen LogP contribution in [0.2, 0.25) is 0 Å². The van der Waals surface area contributed by atoms with Gasteiger partial charge in [-0.05, 0) is 56.7 Å². The van der Waals surface area contributed by atoms with Gasteiger partial charge in [-0.3, -0.25) is 0 Å². The quantitative estimate of drug-likeness (QED) is 0.507. The van der Waals surface area contributed by atoms with E-state index >= 15 is 0 Å². The van der Waals surface area contributed by atoms with Crippen molar-refractivity contribution in [3.8, 4) is 5.75 Å². The van der Waals surface area contributed by atoms with E-state index in [1.807, 2.05) is 13.0 Å². The van der Waals surface area contributed by atoms with Gasteiger partial charge in [0.1, 0.15) is 5.75 Å². The minimum atomic E-state index is -2.82. The molecule has 2 saturated heterocycles. The Morgan fingerprint density at radius 2 is 2.10 bits per heavy atom. The van der Waals surface area contributed by atoms with Gasteiger partial charge in [0, 0.05) is 26.2 Å². The number of halogens is 2. The van der Waals surface area contributed by atoms with Crippen LogP contribution in [0.15, 0.2) is 29.3 Å². The Morgan fingerprint density at radius 1 is 1.27 bits per heavy atom. The predicted octanol–water partition coefficient (Wildman–Crippen LogP) is 3.80. The molecule has 168 valence electrons. The first-order valence-electron chi connectivity index (χ1n) is 10.9. The van der Waals surface area contributed by atoms with Crippen LogP contribution in [-0.4, -0.2) is 62.5 Å². The lowest BCUT2D eigenvalue weighted by atomic mass is 10.1. The van der Waals surface area contributed by atoms with Gasteiger partial charge in [0.25, 0.3) is 0 Å². The first kappa shape index (κ1) is 22.7. The van der Waals surface area contributed by atoms with Crippen molar-refractivity contribution in [1.82, 2.24) is 10.2 Å². The molecule has 8 heteroatoms. The van der Waals surface area contributed by atoms with Crippen molar-refractivity contribution in [2.45, 2.75) is 64.4 Å². The van der Waals surface area contributed by atoms with Gasteiger partial charge >= 0.3 is 6.61 Å². The van der Waals surface area contributed by atoms with Gasteiger partial charge in [0.2, 0.25) is 0 Å². The SMILES string of the molecule is CCNC(=NCc1cccc(OC(F)F)c1)N1CCC(OCC2CCCCO2)CC1. The molecule has 30 heavy (non-hydrogen) atoms. The van der Waals surface area contributed by atoms with Gasteiger partial charge in [-0.1, -0.05) is 12.1 Å². The second kappa shape index (κ2) is 12.1. The van der Waals surface area contributed by atoms with E-state index in [-0.39, 0.29) is 18.0 Å². The fraction of sp³-hybridized carbons (Fsp3) is 0.682. The maximum Gasteiger partial charge on any atom is 0.387 e. The van der Waals surface area contributed by atoms with Crippen LogP contribution in [0.1, 0.15) is 44.6 Å². The van der Waals surface area contributed by atoms with Gasteiger partial charge in [-0.15, -0.1) is 0 Å². The summed E-state index contributed by atoms with van der Waals surface area (Å²) in [6.07, 6.45) is 5.90. The molecule has 1 aromatic rings. The number of aliphatic imine (C=N–C) groups is 1. The number of guanidine groups is 1. The van der Waals surface area contributed by atoms with E-state index in [0.717, 1.165) is 63.4 Å². The molecule has 0 aromatic heterocycles. The number of hydrogen-bond donors (Lipinski definition) is 1. The highest BCUT2D eigenvalue weighted by Gasteiger charge is 2.23. The van der Waals surface area contributed by atoms with E-state index < -0.39 is 6.61 Å². The highest BCUT2D eigenvalue weighted by Crippen LogP contribution is 2.19. The predicted molar refractivity (Wildman–Crippen MR) is 112 cm³/mol. The second-order valence-corrected chi connectivity index (χ2v) is 7.70. The topological polar surface area (TPSA) is 55.3 Å². The van der Waals surface area contributed by atoms with Crippen LogP contribution in [0.4, 0.5) is 8.78 Å². The molecule has 2 aliphatic rings. The monoisotopic (exact) mass is 425 g/mol. The summed E-state index contributed by atoms with van der Waals surface area (Å²) in [6, 6.07) is 6.69. The van der Waals surface area contributed by atoms with Crippen molar-refractivity contribution < 1.29 is 23.0 Å². The van der Waals surface area contributed by atoms with Crippen LogP contribution >= 0.6 is 0 Å². The van der Waals surface area contributed by atoms with Gasteiger partial charge < -0.3 is 24.4 Å². The van der Waals surface area contributed by atoms with Crippen LogP contribution < -0.4 is 10.1 Å². The summed E-state index contributed by atoms with van der Waals surface area (Å²) in [5.41, 5.74) is 0.828. The number of ether oxygens (including phenoxy) is 3. The molecule has 2 fully saturated rings. The molecular formula is C22H33F2N3O3. The lowest BCUT2D eigenvalue weighted by Crippen LogP contribution is -2.47.